The second-order valence-corrected chi connectivity index (χ2v) is 10.8. The first-order valence-corrected chi connectivity index (χ1v) is 8.64. The van der Waals surface area contributed by atoms with Gasteiger partial charge in [-0.3, -0.25) is 0 Å². The van der Waals surface area contributed by atoms with Crippen molar-refractivity contribution >= 4 is 14.6 Å². The molecule has 0 aliphatic carbocycles. The van der Waals surface area contributed by atoms with Gasteiger partial charge in [0, 0.05) is 12.0 Å². The lowest BCUT2D eigenvalue weighted by atomic mass is 10.1. The van der Waals surface area contributed by atoms with Gasteiger partial charge in [0.1, 0.15) is 6.29 Å². The Balaban J connectivity index is 4.28. The molecule has 0 aromatic carbocycles. The van der Waals surface area contributed by atoms with Crippen LogP contribution in [0.1, 0.15) is 41.0 Å². The topological polar surface area (TPSA) is 26.3 Å². The lowest BCUT2D eigenvalue weighted by Crippen LogP contribution is -2.43. The third-order valence-corrected chi connectivity index (χ3v) is 7.84. The molecule has 0 aromatic rings. The molecule has 0 heterocycles. The number of carbonyl (C=O) groups excluding carboxylic acids is 1. The third-order valence-electron chi connectivity index (χ3n) is 3.24. The number of aldehydes is 1. The second-order valence-electron chi connectivity index (χ2n) is 6.04. The van der Waals surface area contributed by atoms with Crippen LogP contribution in [0, 0.1) is 5.92 Å². The molecule has 0 saturated heterocycles. The van der Waals surface area contributed by atoms with Gasteiger partial charge in [0.2, 0.25) is 0 Å². The van der Waals surface area contributed by atoms with Crippen LogP contribution >= 0.6 is 0 Å². The highest BCUT2D eigenvalue weighted by Gasteiger charge is 2.38. The van der Waals surface area contributed by atoms with Crippen LogP contribution in [0.3, 0.4) is 0 Å². The maximum Gasteiger partial charge on any atom is 0.192 e. The van der Waals surface area contributed by atoms with E-state index in [0.717, 1.165) is 12.7 Å². The van der Waals surface area contributed by atoms with Crippen LogP contribution in [0.25, 0.3) is 0 Å². The molecule has 0 rings (SSSR count). The van der Waals surface area contributed by atoms with Crippen molar-refractivity contribution in [2.24, 2.45) is 5.92 Å². The van der Waals surface area contributed by atoms with Gasteiger partial charge in [-0.25, -0.2) is 0 Å². The lowest BCUT2D eigenvalue weighted by Gasteiger charge is -2.38. The van der Waals surface area contributed by atoms with Crippen molar-refractivity contribution in [1.29, 1.82) is 0 Å². The zero-order chi connectivity index (χ0) is 12.3. The standard InChI is InChI=1S/C12H26O2Si/c1-10(9-13)8-11(2)14-15(6,7)12(3,4)5/h9-11H,8H2,1-7H3/t10-,11+/m1/s1. The summed E-state index contributed by atoms with van der Waals surface area (Å²) in [6.45, 7) is 15.2. The highest BCUT2D eigenvalue weighted by Crippen LogP contribution is 2.37. The van der Waals surface area contributed by atoms with E-state index in [0.29, 0.717) is 0 Å². The Morgan fingerprint density at radius 2 is 1.73 bits per heavy atom. The fourth-order valence-corrected chi connectivity index (χ4v) is 2.76. The molecule has 3 heteroatoms. The highest BCUT2D eigenvalue weighted by molar-refractivity contribution is 6.74. The largest absolute Gasteiger partial charge is 0.414 e. The molecule has 0 amide bonds. The van der Waals surface area contributed by atoms with Crippen LogP contribution < -0.4 is 0 Å². The van der Waals surface area contributed by atoms with Crippen LogP contribution in [-0.2, 0) is 9.22 Å². The Kier molecular flexibility index (Phi) is 5.20. The van der Waals surface area contributed by atoms with Gasteiger partial charge >= 0.3 is 0 Å². The molecule has 0 radical (unpaired) electrons. The van der Waals surface area contributed by atoms with Crippen molar-refractivity contribution in [1.82, 2.24) is 0 Å². The first-order chi connectivity index (χ1) is 6.60. The molecule has 0 spiro atoms. The highest BCUT2D eigenvalue weighted by atomic mass is 28.4. The number of carbonyl (C=O) groups is 1. The van der Waals surface area contributed by atoms with E-state index in [2.05, 4.69) is 40.8 Å². The molecule has 2 atom stereocenters. The zero-order valence-corrected chi connectivity index (χ0v) is 12.3. The average Bonchev–Trinajstić information content (AvgIpc) is 2.00. The molecule has 90 valence electrons. The third kappa shape index (κ3) is 4.93. The SMILES string of the molecule is C[C@@H](C=O)C[C@H](C)O[Si](C)(C)C(C)(C)C. The first-order valence-electron chi connectivity index (χ1n) is 5.73. The summed E-state index contributed by atoms with van der Waals surface area (Å²) >= 11 is 0. The van der Waals surface area contributed by atoms with E-state index in [1.807, 2.05) is 6.92 Å². The van der Waals surface area contributed by atoms with E-state index in [1.165, 1.54) is 0 Å². The molecule has 0 aromatic heterocycles. The normalized spacial score (nSPS) is 17.3. The quantitative estimate of drug-likeness (QED) is 0.532. The van der Waals surface area contributed by atoms with Crippen molar-refractivity contribution in [2.45, 2.75) is 65.3 Å². The summed E-state index contributed by atoms with van der Waals surface area (Å²) in [7, 11) is -1.66. The Morgan fingerprint density at radius 1 is 1.27 bits per heavy atom. The van der Waals surface area contributed by atoms with Gasteiger partial charge in [-0.2, -0.15) is 0 Å². The van der Waals surface area contributed by atoms with Crippen molar-refractivity contribution in [2.75, 3.05) is 0 Å². The maximum atomic E-state index is 10.6. The lowest BCUT2D eigenvalue weighted by molar-refractivity contribution is -0.111. The van der Waals surface area contributed by atoms with Crippen LogP contribution in [-0.4, -0.2) is 20.7 Å². The van der Waals surface area contributed by atoms with E-state index < -0.39 is 8.32 Å². The van der Waals surface area contributed by atoms with Crippen molar-refractivity contribution in [3.8, 4) is 0 Å². The summed E-state index contributed by atoms with van der Waals surface area (Å²) in [6, 6.07) is 0. The second kappa shape index (κ2) is 5.26. The fraction of sp³-hybridized carbons (Fsp3) is 0.917. The first kappa shape index (κ1) is 14.8. The van der Waals surface area contributed by atoms with E-state index >= 15 is 0 Å². The van der Waals surface area contributed by atoms with Crippen LogP contribution in [0.15, 0.2) is 0 Å². The Hall–Kier alpha value is -0.153. The summed E-state index contributed by atoms with van der Waals surface area (Å²) < 4.78 is 6.15. The van der Waals surface area contributed by atoms with Crippen molar-refractivity contribution in [3.63, 3.8) is 0 Å². The molecule has 0 unspecified atom stereocenters. The zero-order valence-electron chi connectivity index (χ0n) is 11.3. The van der Waals surface area contributed by atoms with E-state index in [1.54, 1.807) is 0 Å². The minimum Gasteiger partial charge on any atom is -0.414 e. The van der Waals surface area contributed by atoms with Gasteiger partial charge in [-0.1, -0.05) is 27.7 Å². The summed E-state index contributed by atoms with van der Waals surface area (Å²) in [5.41, 5.74) is 0. The molecule has 2 nitrogen and oxygen atoms in total. The van der Waals surface area contributed by atoms with Crippen molar-refractivity contribution < 1.29 is 9.22 Å². The van der Waals surface area contributed by atoms with Gasteiger partial charge in [0.05, 0.1) is 0 Å². The van der Waals surface area contributed by atoms with Crippen LogP contribution in [0.5, 0.6) is 0 Å². The molecule has 0 aliphatic rings. The molecular weight excluding hydrogens is 204 g/mol. The summed E-state index contributed by atoms with van der Waals surface area (Å²) in [6.07, 6.45) is 2.02. The Morgan fingerprint density at radius 3 is 2.07 bits per heavy atom. The van der Waals surface area contributed by atoms with Crippen LogP contribution in [0.2, 0.25) is 18.1 Å². The Labute approximate surface area is 95.5 Å². The molecule has 0 N–H and O–H groups in total. The van der Waals surface area contributed by atoms with E-state index in [4.69, 9.17) is 4.43 Å². The molecule has 0 aliphatic heterocycles. The van der Waals surface area contributed by atoms with Gasteiger partial charge < -0.3 is 9.22 Å². The predicted octanol–water partition coefficient (Wildman–Crippen LogP) is 3.62. The van der Waals surface area contributed by atoms with Gasteiger partial charge in [0.15, 0.2) is 8.32 Å². The van der Waals surface area contributed by atoms with Gasteiger partial charge in [-0.15, -0.1) is 0 Å². The molecular formula is C12H26O2Si. The predicted molar refractivity (Wildman–Crippen MR) is 67.6 cm³/mol. The number of rotatable bonds is 5. The molecule has 0 saturated carbocycles. The molecule has 15 heavy (non-hydrogen) atoms. The Bertz CT molecular complexity index is 206. The van der Waals surface area contributed by atoms with E-state index in [9.17, 15) is 4.79 Å². The average molecular weight is 230 g/mol. The summed E-state index contributed by atoms with van der Waals surface area (Å²) in [4.78, 5) is 10.6. The van der Waals surface area contributed by atoms with E-state index in [-0.39, 0.29) is 17.1 Å². The maximum absolute atomic E-state index is 10.6. The minimum absolute atomic E-state index is 0.102. The number of hydrogen-bond donors (Lipinski definition) is 0. The monoisotopic (exact) mass is 230 g/mol. The molecule has 0 bridgehead atoms. The van der Waals surface area contributed by atoms with Crippen molar-refractivity contribution in [3.05, 3.63) is 0 Å². The summed E-state index contributed by atoms with van der Waals surface area (Å²) in [5.74, 6) is 0.102. The summed E-state index contributed by atoms with van der Waals surface area (Å²) in [5, 5.41) is 0.242. The molecule has 0 fully saturated rings. The smallest absolute Gasteiger partial charge is 0.192 e. The fourth-order valence-electron chi connectivity index (χ4n) is 1.31. The van der Waals surface area contributed by atoms with Gasteiger partial charge in [0.25, 0.3) is 0 Å². The number of hydrogen-bond acceptors (Lipinski definition) is 2. The minimum atomic E-state index is -1.66. The van der Waals surface area contributed by atoms with Gasteiger partial charge in [-0.05, 0) is 31.5 Å². The van der Waals surface area contributed by atoms with Crippen LogP contribution in [0.4, 0.5) is 0 Å².